The van der Waals surface area contributed by atoms with Gasteiger partial charge in [0.1, 0.15) is 18.2 Å². The molecule has 0 aromatic heterocycles. The minimum absolute atomic E-state index is 0.0896. The first-order valence-corrected chi connectivity index (χ1v) is 9.27. The van der Waals surface area contributed by atoms with Crippen LogP contribution in [0.3, 0.4) is 0 Å². The lowest BCUT2D eigenvalue weighted by atomic mass is 10.0. The summed E-state index contributed by atoms with van der Waals surface area (Å²) in [6, 6.07) is 11.5. The van der Waals surface area contributed by atoms with E-state index in [1.54, 1.807) is 6.92 Å². The lowest BCUT2D eigenvalue weighted by molar-refractivity contribution is 0.318. The van der Waals surface area contributed by atoms with Crippen LogP contribution in [0.25, 0.3) is 0 Å². The monoisotopic (exact) mass is 351 g/mol. The SMILES string of the molecule is Cc1ccc(S(=O)(=O)NCCOc2ccccc2C(C)C)cc1F. The Hall–Kier alpha value is -1.92. The molecule has 0 fully saturated rings. The fraction of sp³-hybridized carbons (Fsp3) is 0.333. The smallest absolute Gasteiger partial charge is 0.240 e. The summed E-state index contributed by atoms with van der Waals surface area (Å²) in [5, 5.41) is 0. The summed E-state index contributed by atoms with van der Waals surface area (Å²) in [4.78, 5) is -0.0896. The van der Waals surface area contributed by atoms with Gasteiger partial charge in [-0.1, -0.05) is 38.1 Å². The lowest BCUT2D eigenvalue weighted by Gasteiger charge is -2.14. The van der Waals surface area contributed by atoms with Crippen LogP contribution < -0.4 is 9.46 Å². The van der Waals surface area contributed by atoms with Crippen LogP contribution in [0.15, 0.2) is 47.4 Å². The van der Waals surface area contributed by atoms with Crippen molar-refractivity contribution in [2.45, 2.75) is 31.6 Å². The Bertz CT molecular complexity index is 804. The Kier molecular flexibility index (Phi) is 5.96. The van der Waals surface area contributed by atoms with Crippen LogP contribution in [0.5, 0.6) is 5.75 Å². The number of nitrogens with one attached hydrogen (secondary N) is 1. The molecular formula is C18H22FNO3S. The number of aryl methyl sites for hydroxylation is 1. The van der Waals surface area contributed by atoms with Crippen molar-refractivity contribution in [3.05, 3.63) is 59.4 Å². The summed E-state index contributed by atoms with van der Waals surface area (Å²) in [5.74, 6) is 0.515. The van der Waals surface area contributed by atoms with E-state index in [2.05, 4.69) is 18.6 Å². The molecule has 0 saturated heterocycles. The number of para-hydroxylation sites is 1. The highest BCUT2D eigenvalue weighted by atomic mass is 32.2. The maximum atomic E-state index is 13.5. The van der Waals surface area contributed by atoms with E-state index in [0.717, 1.165) is 17.4 Å². The van der Waals surface area contributed by atoms with Gasteiger partial charge in [-0.15, -0.1) is 0 Å². The van der Waals surface area contributed by atoms with E-state index in [9.17, 15) is 12.8 Å². The zero-order valence-corrected chi connectivity index (χ0v) is 14.9. The molecule has 0 amide bonds. The van der Waals surface area contributed by atoms with E-state index in [-0.39, 0.29) is 18.0 Å². The Morgan fingerprint density at radius 3 is 2.54 bits per heavy atom. The molecular weight excluding hydrogens is 329 g/mol. The molecule has 0 bridgehead atoms. The zero-order chi connectivity index (χ0) is 17.7. The molecule has 130 valence electrons. The molecule has 2 aromatic rings. The van der Waals surface area contributed by atoms with Gasteiger partial charge in [0.05, 0.1) is 4.90 Å². The highest BCUT2D eigenvalue weighted by Gasteiger charge is 2.15. The van der Waals surface area contributed by atoms with Crippen molar-refractivity contribution in [2.75, 3.05) is 13.2 Å². The second-order valence-corrected chi connectivity index (χ2v) is 7.62. The van der Waals surface area contributed by atoms with Crippen molar-refractivity contribution >= 4 is 10.0 Å². The van der Waals surface area contributed by atoms with Crippen molar-refractivity contribution < 1.29 is 17.5 Å². The van der Waals surface area contributed by atoms with Gasteiger partial charge in [0.15, 0.2) is 0 Å². The molecule has 4 nitrogen and oxygen atoms in total. The van der Waals surface area contributed by atoms with Crippen LogP contribution in [0.1, 0.15) is 30.9 Å². The van der Waals surface area contributed by atoms with Gasteiger partial charge in [-0.25, -0.2) is 17.5 Å². The highest BCUT2D eigenvalue weighted by molar-refractivity contribution is 7.89. The summed E-state index contributed by atoms with van der Waals surface area (Å²) < 4.78 is 45.9. The number of hydrogen-bond acceptors (Lipinski definition) is 3. The third-order valence-electron chi connectivity index (χ3n) is 3.65. The third kappa shape index (κ3) is 4.55. The Labute approximate surface area is 142 Å². The second-order valence-electron chi connectivity index (χ2n) is 5.85. The quantitative estimate of drug-likeness (QED) is 0.775. The van der Waals surface area contributed by atoms with Gasteiger partial charge in [0, 0.05) is 6.54 Å². The molecule has 0 atom stereocenters. The molecule has 2 rings (SSSR count). The van der Waals surface area contributed by atoms with E-state index in [1.807, 2.05) is 24.3 Å². The molecule has 0 saturated carbocycles. The van der Waals surface area contributed by atoms with E-state index in [4.69, 9.17) is 4.74 Å². The summed E-state index contributed by atoms with van der Waals surface area (Å²) in [6.07, 6.45) is 0. The third-order valence-corrected chi connectivity index (χ3v) is 5.11. The largest absolute Gasteiger partial charge is 0.492 e. The Morgan fingerprint density at radius 2 is 1.88 bits per heavy atom. The minimum atomic E-state index is -3.75. The second kappa shape index (κ2) is 7.77. The summed E-state index contributed by atoms with van der Waals surface area (Å²) >= 11 is 0. The van der Waals surface area contributed by atoms with Crippen LogP contribution >= 0.6 is 0 Å². The molecule has 0 aliphatic carbocycles. The minimum Gasteiger partial charge on any atom is -0.492 e. The first-order chi connectivity index (χ1) is 11.3. The van der Waals surface area contributed by atoms with Gasteiger partial charge >= 0.3 is 0 Å². The Balaban J connectivity index is 1.95. The highest BCUT2D eigenvalue weighted by Crippen LogP contribution is 2.25. The zero-order valence-electron chi connectivity index (χ0n) is 14.0. The summed E-state index contributed by atoms with van der Waals surface area (Å²) in [5.41, 5.74) is 1.48. The molecule has 0 spiro atoms. The van der Waals surface area contributed by atoms with Crippen molar-refractivity contribution in [1.29, 1.82) is 0 Å². The van der Waals surface area contributed by atoms with E-state index in [0.29, 0.717) is 11.5 Å². The molecule has 2 aromatic carbocycles. The molecule has 0 aliphatic rings. The maximum absolute atomic E-state index is 13.5. The fourth-order valence-corrected chi connectivity index (χ4v) is 3.27. The summed E-state index contributed by atoms with van der Waals surface area (Å²) in [6.45, 7) is 6.01. The van der Waals surface area contributed by atoms with Crippen LogP contribution in [-0.4, -0.2) is 21.6 Å². The molecule has 6 heteroatoms. The molecule has 0 aliphatic heterocycles. The molecule has 0 radical (unpaired) electrons. The van der Waals surface area contributed by atoms with Gasteiger partial charge < -0.3 is 4.74 Å². The van der Waals surface area contributed by atoms with Gasteiger partial charge in [-0.2, -0.15) is 0 Å². The van der Waals surface area contributed by atoms with Crippen LogP contribution in [0.2, 0.25) is 0 Å². The van der Waals surface area contributed by atoms with Gasteiger partial charge in [0.2, 0.25) is 10.0 Å². The van der Waals surface area contributed by atoms with E-state index in [1.165, 1.54) is 12.1 Å². The van der Waals surface area contributed by atoms with Crippen molar-refractivity contribution in [3.63, 3.8) is 0 Å². The number of ether oxygens (including phenoxy) is 1. The average Bonchev–Trinajstić information content (AvgIpc) is 2.54. The molecule has 1 N–H and O–H groups in total. The lowest BCUT2D eigenvalue weighted by Crippen LogP contribution is -2.28. The van der Waals surface area contributed by atoms with Crippen molar-refractivity contribution in [3.8, 4) is 5.75 Å². The molecule has 0 heterocycles. The van der Waals surface area contributed by atoms with E-state index < -0.39 is 15.8 Å². The number of halogens is 1. The van der Waals surface area contributed by atoms with Gasteiger partial charge in [-0.05, 0) is 42.2 Å². The van der Waals surface area contributed by atoms with Gasteiger partial charge in [0.25, 0.3) is 0 Å². The first-order valence-electron chi connectivity index (χ1n) is 7.79. The number of rotatable bonds is 7. The standard InChI is InChI=1S/C18H22FNO3S/c1-13(2)16-6-4-5-7-18(16)23-11-10-20-24(21,22)15-9-8-14(3)17(19)12-15/h4-9,12-13,20H,10-11H2,1-3H3. The first kappa shape index (κ1) is 18.4. The van der Waals surface area contributed by atoms with Crippen molar-refractivity contribution in [1.82, 2.24) is 4.72 Å². The van der Waals surface area contributed by atoms with Crippen molar-refractivity contribution in [2.24, 2.45) is 0 Å². The van der Waals surface area contributed by atoms with Crippen LogP contribution in [0, 0.1) is 12.7 Å². The molecule has 0 unspecified atom stereocenters. The maximum Gasteiger partial charge on any atom is 0.240 e. The topological polar surface area (TPSA) is 55.4 Å². The average molecular weight is 351 g/mol. The number of sulfonamides is 1. The van der Waals surface area contributed by atoms with E-state index >= 15 is 0 Å². The predicted octanol–water partition coefficient (Wildman–Crippen LogP) is 3.61. The van der Waals surface area contributed by atoms with Crippen LogP contribution in [-0.2, 0) is 10.0 Å². The van der Waals surface area contributed by atoms with Gasteiger partial charge in [-0.3, -0.25) is 0 Å². The predicted molar refractivity (Wildman–Crippen MR) is 92.4 cm³/mol. The van der Waals surface area contributed by atoms with Crippen LogP contribution in [0.4, 0.5) is 4.39 Å². The summed E-state index contributed by atoms with van der Waals surface area (Å²) in [7, 11) is -3.75. The normalized spacial score (nSPS) is 11.7. The fourth-order valence-electron chi connectivity index (χ4n) is 2.25. The Morgan fingerprint density at radius 1 is 1.17 bits per heavy atom. The number of hydrogen-bond donors (Lipinski definition) is 1. The molecule has 24 heavy (non-hydrogen) atoms. The number of benzene rings is 2.